The Morgan fingerprint density at radius 2 is 1.96 bits per heavy atom. The van der Waals surface area contributed by atoms with Crippen LogP contribution in [0.3, 0.4) is 0 Å². The van der Waals surface area contributed by atoms with Crippen LogP contribution in [0, 0.1) is 5.92 Å². The van der Waals surface area contributed by atoms with Crippen LogP contribution in [0.1, 0.15) is 41.0 Å². The van der Waals surface area contributed by atoms with E-state index in [1.807, 2.05) is 18.6 Å². The number of nitrogens with zero attached hydrogens (tertiary/aromatic N) is 1. The van der Waals surface area contributed by atoms with Crippen molar-refractivity contribution in [2.45, 2.75) is 56.9 Å². The van der Waals surface area contributed by atoms with Gasteiger partial charge in [-0.1, -0.05) is 25.4 Å². The highest BCUT2D eigenvalue weighted by Crippen LogP contribution is 2.25. The number of nitrogens with two attached hydrogens (primary N) is 1. The Bertz CT molecular complexity index is 853. The first-order valence-electron chi connectivity index (χ1n) is 8.33. The Morgan fingerprint density at radius 3 is 2.39 bits per heavy atom. The van der Waals surface area contributed by atoms with E-state index < -0.39 is 39.6 Å². The zero-order valence-corrected chi connectivity index (χ0v) is 18.7. The molecule has 1 unspecified atom stereocenters. The van der Waals surface area contributed by atoms with Crippen molar-refractivity contribution in [3.8, 4) is 0 Å². The number of ether oxygens (including phenoxy) is 1. The molecule has 0 radical (unpaired) electrons. The molecule has 0 spiro atoms. The van der Waals surface area contributed by atoms with E-state index in [1.165, 1.54) is 11.4 Å². The number of alkyl carbamates (subject to hydrolysis) is 1. The molecule has 0 fully saturated rings. The van der Waals surface area contributed by atoms with Crippen LogP contribution >= 0.6 is 22.9 Å². The van der Waals surface area contributed by atoms with Gasteiger partial charge >= 0.3 is 12.1 Å². The molecule has 1 aromatic rings. The molecule has 0 aromatic carbocycles. The Balaban J connectivity index is 3.24. The highest BCUT2D eigenvalue weighted by Gasteiger charge is 2.28. The topological polar surface area (TPSA) is 140 Å². The second kappa shape index (κ2) is 9.57. The molecule has 0 saturated heterocycles. The van der Waals surface area contributed by atoms with Crippen molar-refractivity contribution in [1.29, 1.82) is 0 Å². The Kier molecular flexibility index (Phi) is 8.27. The Labute approximate surface area is 173 Å². The van der Waals surface area contributed by atoms with Crippen LogP contribution in [-0.4, -0.2) is 33.9 Å². The third-order valence-electron chi connectivity index (χ3n) is 2.97. The number of thiophene rings is 1. The zero-order chi connectivity index (χ0) is 21.7. The number of halogens is 1. The molecular weight excluding hydrogens is 428 g/mol. The smallest absolute Gasteiger partial charge is 0.408 e. The molecule has 0 aliphatic heterocycles. The number of carbonyl (C=O) groups excluding carboxylic acids is 3. The van der Waals surface area contributed by atoms with Crippen molar-refractivity contribution in [2.24, 2.45) is 16.0 Å². The first-order valence-corrected chi connectivity index (χ1v) is 11.1. The van der Waals surface area contributed by atoms with Crippen LogP contribution in [0.2, 0.25) is 5.02 Å². The highest BCUT2D eigenvalue weighted by atomic mass is 35.5. The van der Waals surface area contributed by atoms with Crippen molar-refractivity contribution >= 4 is 50.9 Å². The molecule has 158 valence electrons. The maximum atomic E-state index is 13.1. The maximum absolute atomic E-state index is 13.1. The van der Waals surface area contributed by atoms with E-state index in [2.05, 4.69) is 9.68 Å². The third-order valence-corrected chi connectivity index (χ3v) is 6.58. The standard InChI is InChI=1S/C16H25ClN4O5S2/c1-9(2)6-11(19-15(24)26-16(3,4)5)13(22)20-28(25,21-14(18)23)12-7-10(17)8-27-12/h7-9,11H,6H2,1-5H3,(H,19,24)(H3,18,20,21,22,23,25)/t11-,28?/m0/s1. The van der Waals surface area contributed by atoms with Crippen LogP contribution in [0.15, 0.2) is 20.0 Å². The normalized spacial score (nSPS) is 14.7. The van der Waals surface area contributed by atoms with Gasteiger partial charge in [0, 0.05) is 5.38 Å². The third kappa shape index (κ3) is 8.03. The molecule has 0 saturated carbocycles. The first kappa shape index (κ1) is 24.2. The number of urea groups is 1. The summed E-state index contributed by atoms with van der Waals surface area (Å²) in [6.45, 7) is 8.73. The monoisotopic (exact) mass is 452 g/mol. The van der Waals surface area contributed by atoms with Crippen LogP contribution in [0.25, 0.3) is 0 Å². The molecule has 0 bridgehead atoms. The lowest BCUT2D eigenvalue weighted by atomic mass is 10.0. The molecule has 0 aliphatic rings. The van der Waals surface area contributed by atoms with E-state index >= 15 is 0 Å². The number of carbonyl (C=O) groups is 3. The summed E-state index contributed by atoms with van der Waals surface area (Å²) >= 11 is 6.79. The quantitative estimate of drug-likeness (QED) is 0.607. The molecule has 1 rings (SSSR count). The van der Waals surface area contributed by atoms with E-state index in [1.54, 1.807) is 20.8 Å². The Morgan fingerprint density at radius 1 is 1.36 bits per heavy atom. The summed E-state index contributed by atoms with van der Waals surface area (Å²) in [5.41, 5.74) is 4.32. The summed E-state index contributed by atoms with van der Waals surface area (Å²) in [6.07, 6.45) is -0.589. The molecule has 4 amide bonds. The SMILES string of the molecule is CC(C)C[C@H](NC(=O)OC(C)(C)C)C(=O)N=S(=O)(NC(N)=O)c1cc(Cl)cs1. The molecule has 28 heavy (non-hydrogen) atoms. The average Bonchev–Trinajstić information content (AvgIpc) is 2.90. The van der Waals surface area contributed by atoms with Crippen LogP contribution in [0.4, 0.5) is 9.59 Å². The molecule has 2 atom stereocenters. The van der Waals surface area contributed by atoms with Crippen LogP contribution < -0.4 is 15.8 Å². The van der Waals surface area contributed by atoms with Crippen LogP contribution in [-0.2, 0) is 19.4 Å². The number of hydrogen-bond donors (Lipinski definition) is 3. The lowest BCUT2D eigenvalue weighted by molar-refractivity contribution is -0.120. The van der Waals surface area contributed by atoms with Crippen molar-refractivity contribution in [1.82, 2.24) is 10.0 Å². The molecular formula is C16H25ClN4O5S2. The summed E-state index contributed by atoms with van der Waals surface area (Å²) in [6, 6.07) is -0.896. The van der Waals surface area contributed by atoms with E-state index in [0.29, 0.717) is 0 Å². The van der Waals surface area contributed by atoms with E-state index in [9.17, 15) is 18.6 Å². The highest BCUT2D eigenvalue weighted by molar-refractivity contribution is 7.94. The van der Waals surface area contributed by atoms with Gasteiger partial charge in [0.25, 0.3) is 5.91 Å². The number of amides is 4. The fourth-order valence-electron chi connectivity index (χ4n) is 2.03. The van der Waals surface area contributed by atoms with E-state index in [0.717, 1.165) is 11.3 Å². The van der Waals surface area contributed by atoms with E-state index in [-0.39, 0.29) is 21.6 Å². The summed E-state index contributed by atoms with van der Waals surface area (Å²) in [4.78, 5) is 36.1. The van der Waals surface area contributed by atoms with Crippen molar-refractivity contribution < 1.29 is 23.3 Å². The molecule has 4 N–H and O–H groups in total. The van der Waals surface area contributed by atoms with E-state index in [4.69, 9.17) is 22.1 Å². The van der Waals surface area contributed by atoms with Gasteiger partial charge in [-0.2, -0.15) is 0 Å². The minimum atomic E-state index is -3.70. The van der Waals surface area contributed by atoms with Gasteiger partial charge in [0.2, 0.25) is 0 Å². The van der Waals surface area contributed by atoms with Crippen molar-refractivity contribution in [3.63, 3.8) is 0 Å². The average molecular weight is 453 g/mol. The number of primary amides is 1. The van der Waals surface area contributed by atoms with Gasteiger partial charge in [0.05, 0.1) is 5.02 Å². The minimum Gasteiger partial charge on any atom is -0.444 e. The number of rotatable bonds is 6. The molecule has 12 heteroatoms. The summed E-state index contributed by atoms with van der Waals surface area (Å²) in [5.74, 6) is -0.877. The van der Waals surface area contributed by atoms with Gasteiger partial charge in [-0.15, -0.1) is 15.7 Å². The predicted molar refractivity (Wildman–Crippen MR) is 109 cm³/mol. The minimum absolute atomic E-state index is 0.00965. The number of hydrogen-bond acceptors (Lipinski definition) is 6. The van der Waals surface area contributed by atoms with Gasteiger partial charge in [0.15, 0.2) is 9.92 Å². The molecule has 9 nitrogen and oxygen atoms in total. The second-order valence-corrected chi connectivity index (χ2v) is 10.8. The maximum Gasteiger partial charge on any atom is 0.408 e. The molecule has 1 heterocycles. The van der Waals surface area contributed by atoms with Gasteiger partial charge in [-0.25, -0.2) is 18.5 Å². The summed E-state index contributed by atoms with van der Waals surface area (Å²) < 4.78 is 24.1. The number of nitrogens with one attached hydrogen (secondary N) is 2. The van der Waals surface area contributed by atoms with Gasteiger partial charge in [-0.05, 0) is 39.2 Å². The lowest BCUT2D eigenvalue weighted by Gasteiger charge is -2.23. The fraction of sp³-hybridized carbons (Fsp3) is 0.562. The molecule has 1 aromatic heterocycles. The first-order chi connectivity index (χ1) is 12.7. The van der Waals surface area contributed by atoms with Crippen LogP contribution in [0.5, 0.6) is 0 Å². The van der Waals surface area contributed by atoms with Gasteiger partial charge < -0.3 is 15.8 Å². The summed E-state index contributed by atoms with van der Waals surface area (Å²) in [7, 11) is -3.70. The lowest BCUT2D eigenvalue weighted by Crippen LogP contribution is -2.44. The van der Waals surface area contributed by atoms with Crippen molar-refractivity contribution in [3.05, 3.63) is 16.5 Å². The Hall–Kier alpha value is -1.85. The largest absolute Gasteiger partial charge is 0.444 e. The van der Waals surface area contributed by atoms with Crippen molar-refractivity contribution in [2.75, 3.05) is 0 Å². The van der Waals surface area contributed by atoms with Gasteiger partial charge in [0.1, 0.15) is 15.9 Å². The fourth-order valence-corrected chi connectivity index (χ4v) is 4.97. The van der Waals surface area contributed by atoms with Gasteiger partial charge in [-0.3, -0.25) is 4.79 Å². The second-order valence-electron chi connectivity index (χ2n) is 7.33. The molecule has 0 aliphatic carbocycles. The summed E-state index contributed by atoms with van der Waals surface area (Å²) in [5, 5.41) is 4.19. The predicted octanol–water partition coefficient (Wildman–Crippen LogP) is 3.28. The zero-order valence-electron chi connectivity index (χ0n) is 16.3.